The van der Waals surface area contributed by atoms with Crippen molar-refractivity contribution in [1.82, 2.24) is 48.8 Å². The number of ketones is 2. The lowest BCUT2D eigenvalue weighted by Crippen LogP contribution is -2.40. The van der Waals surface area contributed by atoms with Gasteiger partial charge in [0, 0.05) is 39.0 Å². The Morgan fingerprint density at radius 3 is 1.39 bits per heavy atom. The van der Waals surface area contributed by atoms with E-state index in [1.54, 1.807) is 23.0 Å². The average Bonchev–Trinajstić information content (AvgIpc) is 3.62. The normalized spacial score (nSPS) is 10.8. The van der Waals surface area contributed by atoms with Gasteiger partial charge in [0.15, 0.2) is 34.5 Å². The molecule has 4 aromatic rings. The molecule has 0 aliphatic rings. The lowest BCUT2D eigenvalue weighted by molar-refractivity contribution is -0.135. The predicted molar refractivity (Wildman–Crippen MR) is 161 cm³/mol. The van der Waals surface area contributed by atoms with Crippen LogP contribution in [0.3, 0.4) is 0 Å². The van der Waals surface area contributed by atoms with Gasteiger partial charge in [0.2, 0.25) is 11.8 Å². The molecule has 0 unspecified atom stereocenters. The van der Waals surface area contributed by atoms with E-state index < -0.39 is 0 Å². The second-order valence-corrected chi connectivity index (χ2v) is 9.60. The van der Waals surface area contributed by atoms with Crippen LogP contribution in [0.15, 0.2) is 25.3 Å². The van der Waals surface area contributed by atoms with Gasteiger partial charge in [0.05, 0.1) is 25.7 Å². The third-order valence-corrected chi connectivity index (χ3v) is 6.50. The van der Waals surface area contributed by atoms with Gasteiger partial charge in [-0.25, -0.2) is 29.9 Å². The molecule has 0 radical (unpaired) electrons. The highest BCUT2D eigenvalue weighted by molar-refractivity contribution is 5.88. The maximum Gasteiger partial charge on any atom is 0.243 e. The number of anilines is 2. The molecular formula is C26H38N14O4. The summed E-state index contributed by atoms with van der Waals surface area (Å²) >= 11 is 0. The number of carbonyl (C=O) groups is 4. The zero-order valence-electron chi connectivity index (χ0n) is 24.8. The first-order valence-electron chi connectivity index (χ1n) is 13.9. The van der Waals surface area contributed by atoms with Gasteiger partial charge in [-0.15, -0.1) is 0 Å². The van der Waals surface area contributed by atoms with E-state index in [4.69, 9.17) is 22.9 Å². The molecule has 0 aliphatic carbocycles. The summed E-state index contributed by atoms with van der Waals surface area (Å²) in [6.45, 7) is 4.93. The molecule has 236 valence electrons. The largest absolute Gasteiger partial charge is 0.382 e. The predicted octanol–water partition coefficient (Wildman–Crippen LogP) is -1.65. The highest BCUT2D eigenvalue weighted by Gasteiger charge is 2.19. The molecule has 8 N–H and O–H groups in total. The van der Waals surface area contributed by atoms with Gasteiger partial charge in [0.1, 0.15) is 36.8 Å². The first-order valence-corrected chi connectivity index (χ1v) is 13.9. The number of hydrogen-bond donors (Lipinski definition) is 4. The molecule has 2 amide bonds. The number of aromatic nitrogens is 8. The minimum atomic E-state index is -0.219. The molecular weight excluding hydrogens is 572 g/mol. The minimum absolute atomic E-state index is 0.0103. The topological polar surface area (TPSA) is 266 Å². The first kappa shape index (κ1) is 33.4. The van der Waals surface area contributed by atoms with Crippen LogP contribution in [-0.4, -0.2) is 111 Å². The lowest BCUT2D eigenvalue weighted by Gasteiger charge is -2.21. The van der Waals surface area contributed by atoms with Crippen LogP contribution in [0.25, 0.3) is 22.3 Å². The maximum absolute atomic E-state index is 12.4. The van der Waals surface area contributed by atoms with Gasteiger partial charge >= 0.3 is 0 Å². The fourth-order valence-electron chi connectivity index (χ4n) is 4.07. The molecule has 18 heteroatoms. The summed E-state index contributed by atoms with van der Waals surface area (Å²) in [5.74, 6) is 0.0625. The van der Waals surface area contributed by atoms with Crippen LogP contribution in [0.2, 0.25) is 0 Å². The molecule has 0 saturated heterocycles. The molecule has 4 aromatic heterocycles. The number of nitrogens with zero attached hydrogens (tertiary/aromatic N) is 10. The van der Waals surface area contributed by atoms with Crippen molar-refractivity contribution in [2.75, 3.05) is 50.7 Å². The van der Waals surface area contributed by atoms with E-state index >= 15 is 0 Å². The van der Waals surface area contributed by atoms with Gasteiger partial charge in [-0.2, -0.15) is 0 Å². The fraction of sp³-hybridized carbons (Fsp3) is 0.462. The first-order chi connectivity index (χ1) is 21.1. The van der Waals surface area contributed by atoms with E-state index in [0.29, 0.717) is 61.3 Å². The average molecular weight is 611 g/mol. The standard InChI is InChI=1S/2C13H19N7O2/c2*1-2-9(21)5-19(4-3-14)10(22)6-20-8-18-11-12(15)16-7-17-13(11)20/h2*7-8H,2-6,14H2,1H3,(H2,15,16,17). The van der Waals surface area contributed by atoms with Crippen molar-refractivity contribution < 1.29 is 19.2 Å². The minimum Gasteiger partial charge on any atom is -0.382 e. The van der Waals surface area contributed by atoms with Gasteiger partial charge in [0.25, 0.3) is 0 Å². The van der Waals surface area contributed by atoms with Crippen molar-refractivity contribution in [1.29, 1.82) is 0 Å². The highest BCUT2D eigenvalue weighted by atomic mass is 16.2. The van der Waals surface area contributed by atoms with E-state index in [9.17, 15) is 19.2 Å². The van der Waals surface area contributed by atoms with E-state index in [1.165, 1.54) is 35.1 Å². The monoisotopic (exact) mass is 610 g/mol. The van der Waals surface area contributed by atoms with Crippen LogP contribution >= 0.6 is 0 Å². The number of imidazole rings is 2. The SMILES string of the molecule is CCC(=O)CN(CCN)C(=O)Cn1cnc2c(N)ncnc21.CCC(=O)CN(CCN)C(=O)Cn1cnc2c(N)ncnc21. The summed E-state index contributed by atoms with van der Waals surface area (Å²) in [5, 5.41) is 0. The van der Waals surface area contributed by atoms with Crippen LogP contribution in [-0.2, 0) is 32.3 Å². The van der Waals surface area contributed by atoms with Crippen LogP contribution in [0, 0.1) is 0 Å². The number of fused-ring (bicyclic) bond motifs is 2. The fourth-order valence-corrected chi connectivity index (χ4v) is 4.07. The van der Waals surface area contributed by atoms with Crippen LogP contribution < -0.4 is 22.9 Å². The second-order valence-electron chi connectivity index (χ2n) is 9.60. The molecule has 4 heterocycles. The summed E-state index contributed by atoms with van der Waals surface area (Å²) in [6, 6.07) is 0. The number of carbonyl (C=O) groups excluding carboxylic acids is 4. The van der Waals surface area contributed by atoms with E-state index in [2.05, 4.69) is 29.9 Å². The Morgan fingerprint density at radius 2 is 1.05 bits per heavy atom. The summed E-state index contributed by atoms with van der Waals surface area (Å²) in [6.07, 6.45) is 6.36. The number of rotatable bonds is 14. The molecule has 0 aromatic carbocycles. The number of Topliss-reactive ketones (excluding diaryl/α,β-unsaturated/α-hetero) is 2. The molecule has 0 aliphatic heterocycles. The van der Waals surface area contributed by atoms with Crippen LogP contribution in [0.4, 0.5) is 11.6 Å². The zero-order valence-corrected chi connectivity index (χ0v) is 24.8. The Morgan fingerprint density at radius 1 is 0.659 bits per heavy atom. The summed E-state index contributed by atoms with van der Waals surface area (Å²) in [7, 11) is 0. The summed E-state index contributed by atoms with van der Waals surface area (Å²) in [4.78, 5) is 74.9. The second kappa shape index (κ2) is 15.9. The molecule has 0 saturated carbocycles. The molecule has 0 fully saturated rings. The Hall–Kier alpha value is -5.10. The number of amides is 2. The zero-order chi connectivity index (χ0) is 32.2. The van der Waals surface area contributed by atoms with E-state index in [0.717, 1.165) is 0 Å². The molecule has 4 rings (SSSR count). The third kappa shape index (κ3) is 8.48. The Labute approximate surface area is 252 Å². The van der Waals surface area contributed by atoms with Crippen molar-refractivity contribution in [3.63, 3.8) is 0 Å². The van der Waals surface area contributed by atoms with E-state index in [1.807, 2.05) is 0 Å². The van der Waals surface area contributed by atoms with Crippen LogP contribution in [0.1, 0.15) is 26.7 Å². The molecule has 44 heavy (non-hydrogen) atoms. The number of hydrogen-bond acceptors (Lipinski definition) is 14. The van der Waals surface area contributed by atoms with E-state index in [-0.39, 0.29) is 61.2 Å². The highest BCUT2D eigenvalue weighted by Crippen LogP contribution is 2.15. The smallest absolute Gasteiger partial charge is 0.243 e. The summed E-state index contributed by atoms with van der Waals surface area (Å²) in [5.41, 5.74) is 24.3. The molecule has 0 atom stereocenters. The molecule has 18 nitrogen and oxygen atoms in total. The van der Waals surface area contributed by atoms with Gasteiger partial charge < -0.3 is 41.9 Å². The summed E-state index contributed by atoms with van der Waals surface area (Å²) < 4.78 is 3.16. The van der Waals surface area contributed by atoms with Gasteiger partial charge in [-0.05, 0) is 0 Å². The third-order valence-electron chi connectivity index (χ3n) is 6.50. The molecule has 0 bridgehead atoms. The quantitative estimate of drug-likeness (QED) is 0.125. The van der Waals surface area contributed by atoms with Crippen molar-refractivity contribution in [2.24, 2.45) is 11.5 Å². The van der Waals surface area contributed by atoms with Crippen molar-refractivity contribution in [3.8, 4) is 0 Å². The number of nitrogens with two attached hydrogens (primary N) is 4. The Kier molecular flexibility index (Phi) is 12.1. The van der Waals surface area contributed by atoms with Crippen molar-refractivity contribution in [3.05, 3.63) is 25.3 Å². The Balaban J connectivity index is 0.000000240. The number of nitrogen functional groups attached to an aromatic ring is 2. The van der Waals surface area contributed by atoms with Crippen molar-refractivity contribution in [2.45, 2.75) is 39.8 Å². The van der Waals surface area contributed by atoms with Gasteiger partial charge in [-0.3, -0.25) is 19.2 Å². The van der Waals surface area contributed by atoms with Crippen LogP contribution in [0.5, 0.6) is 0 Å². The lowest BCUT2D eigenvalue weighted by atomic mass is 10.3. The Bertz CT molecular complexity index is 1480. The molecule has 0 spiro atoms. The maximum atomic E-state index is 12.4. The van der Waals surface area contributed by atoms with Crippen molar-refractivity contribution >= 4 is 57.3 Å². The van der Waals surface area contributed by atoms with Gasteiger partial charge in [-0.1, -0.05) is 13.8 Å².